The van der Waals surface area contributed by atoms with Crippen LogP contribution in [0.1, 0.15) is 11.1 Å². The molecule has 0 amide bonds. The molecular formula is C10H8O. The number of furan rings is 1. The van der Waals surface area contributed by atoms with Crippen LogP contribution >= 0.6 is 0 Å². The van der Waals surface area contributed by atoms with Crippen LogP contribution in [0.4, 0.5) is 0 Å². The lowest BCUT2D eigenvalue weighted by molar-refractivity contribution is 0.566. The summed E-state index contributed by atoms with van der Waals surface area (Å²) in [4.78, 5) is 0. The highest BCUT2D eigenvalue weighted by Gasteiger charge is 1.97. The van der Waals surface area contributed by atoms with Crippen LogP contribution in [-0.2, 0) is 0 Å². The molecule has 0 aromatic carbocycles. The van der Waals surface area contributed by atoms with Gasteiger partial charge in [0.1, 0.15) is 0 Å². The lowest BCUT2D eigenvalue weighted by Gasteiger charge is -1.89. The Labute approximate surface area is 65.3 Å². The summed E-state index contributed by atoms with van der Waals surface area (Å²) < 4.78 is 5.05. The Hall–Kier alpha value is -1.50. The number of allylic oxidation sites excluding steroid dienone is 4. The van der Waals surface area contributed by atoms with Crippen LogP contribution in [0.15, 0.2) is 41.2 Å². The predicted octanol–water partition coefficient (Wildman–Crippen LogP) is 2.88. The summed E-state index contributed by atoms with van der Waals surface area (Å²) in [5.74, 6) is 0. The average molecular weight is 144 g/mol. The van der Waals surface area contributed by atoms with Gasteiger partial charge in [-0.1, -0.05) is 36.5 Å². The van der Waals surface area contributed by atoms with Gasteiger partial charge < -0.3 is 4.42 Å². The third-order valence-electron chi connectivity index (χ3n) is 1.61. The van der Waals surface area contributed by atoms with Crippen LogP contribution in [0.5, 0.6) is 0 Å². The van der Waals surface area contributed by atoms with Gasteiger partial charge >= 0.3 is 0 Å². The van der Waals surface area contributed by atoms with E-state index in [0.717, 1.165) is 11.1 Å². The van der Waals surface area contributed by atoms with Crippen LogP contribution in [0, 0.1) is 0 Å². The number of fused-ring (bicyclic) bond motifs is 1. The van der Waals surface area contributed by atoms with E-state index in [2.05, 4.69) is 0 Å². The largest absolute Gasteiger partial charge is 0.471 e. The van der Waals surface area contributed by atoms with E-state index in [1.54, 1.807) is 12.5 Å². The Kier molecular flexibility index (Phi) is 1.48. The summed E-state index contributed by atoms with van der Waals surface area (Å²) in [5, 5.41) is 0. The van der Waals surface area contributed by atoms with Crippen LogP contribution in [0.3, 0.4) is 0 Å². The van der Waals surface area contributed by atoms with Crippen molar-refractivity contribution in [1.29, 1.82) is 0 Å². The van der Waals surface area contributed by atoms with Gasteiger partial charge in [-0.05, 0) is 0 Å². The minimum absolute atomic E-state index is 1.13. The third-order valence-corrected chi connectivity index (χ3v) is 1.61. The molecule has 0 fully saturated rings. The van der Waals surface area contributed by atoms with Gasteiger partial charge in [-0.3, -0.25) is 0 Å². The topological polar surface area (TPSA) is 13.1 Å². The average Bonchev–Trinajstić information content (AvgIpc) is 2.35. The molecule has 1 aliphatic carbocycles. The Morgan fingerprint density at radius 1 is 0.727 bits per heavy atom. The smallest absolute Gasteiger partial charge is 0.0981 e. The van der Waals surface area contributed by atoms with Gasteiger partial charge in [-0.15, -0.1) is 0 Å². The van der Waals surface area contributed by atoms with Crippen molar-refractivity contribution in [1.82, 2.24) is 0 Å². The van der Waals surface area contributed by atoms with Crippen molar-refractivity contribution in [2.75, 3.05) is 0 Å². The van der Waals surface area contributed by atoms with Gasteiger partial charge in [-0.25, -0.2) is 0 Å². The molecule has 0 spiro atoms. The fraction of sp³-hybridized carbons (Fsp3) is 0. The van der Waals surface area contributed by atoms with Gasteiger partial charge in [0.05, 0.1) is 12.5 Å². The molecule has 1 heterocycles. The fourth-order valence-electron chi connectivity index (χ4n) is 1.03. The molecule has 1 aliphatic rings. The van der Waals surface area contributed by atoms with Gasteiger partial charge in [0, 0.05) is 11.1 Å². The van der Waals surface area contributed by atoms with Crippen molar-refractivity contribution in [2.45, 2.75) is 0 Å². The van der Waals surface area contributed by atoms with Gasteiger partial charge in [0.25, 0.3) is 0 Å². The van der Waals surface area contributed by atoms with Crippen molar-refractivity contribution in [3.05, 3.63) is 48.0 Å². The zero-order valence-electron chi connectivity index (χ0n) is 6.03. The Morgan fingerprint density at radius 3 is 1.82 bits per heavy atom. The molecule has 0 atom stereocenters. The standard InChI is InChI=1S/C10H8O/c1-2-4-6-10-8-11-7-9(10)5-3-1/h1-8H. The van der Waals surface area contributed by atoms with Crippen molar-refractivity contribution in [2.24, 2.45) is 0 Å². The molecular weight excluding hydrogens is 136 g/mol. The van der Waals surface area contributed by atoms with E-state index in [0.29, 0.717) is 0 Å². The summed E-state index contributed by atoms with van der Waals surface area (Å²) in [7, 11) is 0. The summed E-state index contributed by atoms with van der Waals surface area (Å²) in [6.45, 7) is 0. The molecule has 0 bridgehead atoms. The maximum Gasteiger partial charge on any atom is 0.0981 e. The fourth-order valence-corrected chi connectivity index (χ4v) is 1.03. The van der Waals surface area contributed by atoms with E-state index in [-0.39, 0.29) is 0 Å². The lowest BCUT2D eigenvalue weighted by atomic mass is 10.1. The summed E-state index contributed by atoms with van der Waals surface area (Å²) >= 11 is 0. The third kappa shape index (κ3) is 1.17. The normalized spacial score (nSPS) is 14.2. The molecule has 54 valence electrons. The predicted molar refractivity (Wildman–Crippen MR) is 45.9 cm³/mol. The quantitative estimate of drug-likeness (QED) is 0.545. The highest BCUT2D eigenvalue weighted by molar-refractivity contribution is 5.66. The van der Waals surface area contributed by atoms with E-state index in [9.17, 15) is 0 Å². The van der Waals surface area contributed by atoms with Crippen molar-refractivity contribution < 1.29 is 4.42 Å². The highest BCUT2D eigenvalue weighted by atomic mass is 16.3. The van der Waals surface area contributed by atoms with Crippen molar-refractivity contribution in [3.8, 4) is 0 Å². The van der Waals surface area contributed by atoms with Crippen molar-refractivity contribution >= 4 is 12.2 Å². The summed E-state index contributed by atoms with van der Waals surface area (Å²) in [5.41, 5.74) is 2.26. The van der Waals surface area contributed by atoms with E-state index in [1.807, 2.05) is 36.5 Å². The molecule has 1 aromatic rings. The summed E-state index contributed by atoms with van der Waals surface area (Å²) in [6, 6.07) is 0. The maximum atomic E-state index is 5.05. The minimum atomic E-state index is 1.13. The zero-order valence-corrected chi connectivity index (χ0v) is 6.03. The molecule has 0 saturated heterocycles. The first-order valence-corrected chi connectivity index (χ1v) is 3.54. The Bertz CT molecular complexity index is 296. The number of hydrogen-bond acceptors (Lipinski definition) is 1. The number of hydrogen-bond donors (Lipinski definition) is 0. The molecule has 0 saturated carbocycles. The van der Waals surface area contributed by atoms with Crippen LogP contribution in [0.25, 0.3) is 12.2 Å². The van der Waals surface area contributed by atoms with Crippen LogP contribution in [0.2, 0.25) is 0 Å². The second-order valence-electron chi connectivity index (χ2n) is 2.39. The van der Waals surface area contributed by atoms with Crippen LogP contribution < -0.4 is 0 Å². The number of rotatable bonds is 0. The molecule has 1 aromatic heterocycles. The van der Waals surface area contributed by atoms with E-state index >= 15 is 0 Å². The van der Waals surface area contributed by atoms with E-state index in [4.69, 9.17) is 4.42 Å². The first-order chi connectivity index (χ1) is 5.47. The first kappa shape index (κ1) is 6.23. The second-order valence-corrected chi connectivity index (χ2v) is 2.39. The molecule has 1 nitrogen and oxygen atoms in total. The summed E-state index contributed by atoms with van der Waals surface area (Å²) in [6.07, 6.45) is 15.5. The maximum absolute atomic E-state index is 5.05. The van der Waals surface area contributed by atoms with E-state index in [1.165, 1.54) is 0 Å². The molecule has 0 radical (unpaired) electrons. The minimum Gasteiger partial charge on any atom is -0.471 e. The molecule has 1 heteroatoms. The van der Waals surface area contributed by atoms with Crippen LogP contribution in [-0.4, -0.2) is 0 Å². The van der Waals surface area contributed by atoms with Gasteiger partial charge in [-0.2, -0.15) is 0 Å². The first-order valence-electron chi connectivity index (χ1n) is 3.54. The molecule has 0 aliphatic heterocycles. The van der Waals surface area contributed by atoms with Gasteiger partial charge in [0.15, 0.2) is 0 Å². The monoisotopic (exact) mass is 144 g/mol. The zero-order chi connectivity index (χ0) is 7.52. The lowest BCUT2D eigenvalue weighted by Crippen LogP contribution is -1.71. The van der Waals surface area contributed by atoms with Crippen molar-refractivity contribution in [3.63, 3.8) is 0 Å². The molecule has 0 N–H and O–H groups in total. The highest BCUT2D eigenvalue weighted by Crippen LogP contribution is 2.15. The Balaban J connectivity index is 2.52. The Morgan fingerprint density at radius 2 is 1.27 bits per heavy atom. The van der Waals surface area contributed by atoms with E-state index < -0.39 is 0 Å². The second kappa shape index (κ2) is 2.62. The van der Waals surface area contributed by atoms with Gasteiger partial charge in [0.2, 0.25) is 0 Å². The molecule has 2 rings (SSSR count). The SMILES string of the molecule is C1=CC=Cc2cocc2C=C1. The molecule has 0 unspecified atom stereocenters. The molecule has 11 heavy (non-hydrogen) atoms.